The van der Waals surface area contributed by atoms with Crippen LogP contribution in [0.1, 0.15) is 43.2 Å². The van der Waals surface area contributed by atoms with Gasteiger partial charge in [0.15, 0.2) is 0 Å². The van der Waals surface area contributed by atoms with E-state index >= 15 is 0 Å². The van der Waals surface area contributed by atoms with Crippen molar-refractivity contribution < 1.29 is 0 Å². The van der Waals surface area contributed by atoms with E-state index < -0.39 is 0 Å². The highest BCUT2D eigenvalue weighted by molar-refractivity contribution is 5.49. The van der Waals surface area contributed by atoms with Crippen molar-refractivity contribution in [3.8, 4) is 0 Å². The Balaban J connectivity index is 2.05. The molecule has 0 saturated heterocycles. The molecule has 1 aliphatic carbocycles. The lowest BCUT2D eigenvalue weighted by Gasteiger charge is -2.19. The number of hydrogen-bond donors (Lipinski definition) is 1. The number of anilines is 1. The fourth-order valence-corrected chi connectivity index (χ4v) is 2.55. The van der Waals surface area contributed by atoms with Crippen molar-refractivity contribution in [3.05, 3.63) is 41.5 Å². The van der Waals surface area contributed by atoms with Crippen LogP contribution in [0, 0.1) is 13.8 Å². The first kappa shape index (κ1) is 12.2. The van der Waals surface area contributed by atoms with Crippen LogP contribution < -0.4 is 5.32 Å². The molecule has 0 amide bonds. The van der Waals surface area contributed by atoms with Crippen molar-refractivity contribution in [2.24, 2.45) is 0 Å². The van der Waals surface area contributed by atoms with E-state index in [0.29, 0.717) is 6.04 Å². The standard InChI is InChI=1S/C16H23N/c1-13-10-14(2)12-16(11-13)17-15-8-6-4-3-5-7-9-15/h6,8,10-12,15,17H,3-5,7,9H2,1-2H3/b8-6+. The van der Waals surface area contributed by atoms with Gasteiger partial charge in [0.2, 0.25) is 0 Å². The number of aryl methyl sites for hydroxylation is 2. The predicted molar refractivity (Wildman–Crippen MR) is 75.6 cm³/mol. The van der Waals surface area contributed by atoms with Gasteiger partial charge in [0.05, 0.1) is 0 Å². The zero-order valence-corrected chi connectivity index (χ0v) is 11.0. The van der Waals surface area contributed by atoms with Crippen LogP contribution in [0.3, 0.4) is 0 Å². The number of nitrogens with one attached hydrogen (secondary N) is 1. The van der Waals surface area contributed by atoms with Crippen molar-refractivity contribution >= 4 is 5.69 Å². The van der Waals surface area contributed by atoms with E-state index in [1.165, 1.54) is 48.9 Å². The molecule has 1 heteroatoms. The van der Waals surface area contributed by atoms with Crippen molar-refractivity contribution in [2.75, 3.05) is 5.32 Å². The number of benzene rings is 1. The highest BCUT2D eigenvalue weighted by Crippen LogP contribution is 2.19. The van der Waals surface area contributed by atoms with Gasteiger partial charge in [-0.3, -0.25) is 0 Å². The Hall–Kier alpha value is -1.24. The van der Waals surface area contributed by atoms with Gasteiger partial charge >= 0.3 is 0 Å². The van der Waals surface area contributed by atoms with Gasteiger partial charge in [-0.05, 0) is 56.4 Å². The molecule has 1 atom stereocenters. The molecule has 17 heavy (non-hydrogen) atoms. The highest BCUT2D eigenvalue weighted by Gasteiger charge is 2.07. The second-order valence-corrected chi connectivity index (χ2v) is 5.19. The van der Waals surface area contributed by atoms with Crippen LogP contribution in [0.2, 0.25) is 0 Å². The average molecular weight is 229 g/mol. The summed E-state index contributed by atoms with van der Waals surface area (Å²) in [6.07, 6.45) is 11.2. The molecule has 1 aromatic carbocycles. The van der Waals surface area contributed by atoms with Crippen molar-refractivity contribution in [1.29, 1.82) is 0 Å². The van der Waals surface area contributed by atoms with Gasteiger partial charge in [0.1, 0.15) is 0 Å². The highest BCUT2D eigenvalue weighted by atomic mass is 14.9. The van der Waals surface area contributed by atoms with Crippen LogP contribution in [0.5, 0.6) is 0 Å². The summed E-state index contributed by atoms with van der Waals surface area (Å²) in [5, 5.41) is 3.64. The maximum absolute atomic E-state index is 3.64. The average Bonchev–Trinajstić information content (AvgIpc) is 2.20. The topological polar surface area (TPSA) is 12.0 Å². The van der Waals surface area contributed by atoms with E-state index in [0.717, 1.165) is 0 Å². The first-order chi connectivity index (χ1) is 8.24. The molecule has 0 radical (unpaired) electrons. The summed E-state index contributed by atoms with van der Waals surface area (Å²) in [5.74, 6) is 0. The third kappa shape index (κ3) is 3.92. The second-order valence-electron chi connectivity index (χ2n) is 5.19. The molecule has 1 N–H and O–H groups in total. The number of hydrogen-bond acceptors (Lipinski definition) is 1. The molecule has 0 spiro atoms. The summed E-state index contributed by atoms with van der Waals surface area (Å²) >= 11 is 0. The molecule has 1 aromatic rings. The molecule has 0 aliphatic heterocycles. The van der Waals surface area contributed by atoms with Gasteiger partial charge in [-0.1, -0.05) is 31.1 Å². The number of allylic oxidation sites excluding steroid dienone is 1. The lowest BCUT2D eigenvalue weighted by molar-refractivity contribution is 0.610. The van der Waals surface area contributed by atoms with E-state index in [-0.39, 0.29) is 0 Å². The summed E-state index contributed by atoms with van der Waals surface area (Å²) in [7, 11) is 0. The van der Waals surface area contributed by atoms with E-state index in [4.69, 9.17) is 0 Å². The molecule has 0 heterocycles. The van der Waals surface area contributed by atoms with Crippen molar-refractivity contribution in [3.63, 3.8) is 0 Å². The van der Waals surface area contributed by atoms with E-state index in [1.54, 1.807) is 0 Å². The van der Waals surface area contributed by atoms with E-state index in [1.807, 2.05) is 0 Å². The van der Waals surface area contributed by atoms with E-state index in [2.05, 4.69) is 49.5 Å². The minimum absolute atomic E-state index is 0.511. The maximum Gasteiger partial charge on any atom is 0.0444 e. The predicted octanol–water partition coefficient (Wildman–Crippen LogP) is 4.60. The quantitative estimate of drug-likeness (QED) is 0.731. The van der Waals surface area contributed by atoms with Crippen LogP contribution in [-0.2, 0) is 0 Å². The first-order valence-corrected chi connectivity index (χ1v) is 6.75. The van der Waals surface area contributed by atoms with Gasteiger partial charge in [-0.15, -0.1) is 0 Å². The summed E-state index contributed by atoms with van der Waals surface area (Å²) < 4.78 is 0. The molecule has 0 saturated carbocycles. The summed E-state index contributed by atoms with van der Waals surface area (Å²) in [6.45, 7) is 4.32. The monoisotopic (exact) mass is 229 g/mol. The minimum Gasteiger partial charge on any atom is -0.379 e. The second kappa shape index (κ2) is 5.90. The van der Waals surface area contributed by atoms with Gasteiger partial charge in [-0.25, -0.2) is 0 Å². The smallest absolute Gasteiger partial charge is 0.0444 e. The zero-order chi connectivity index (χ0) is 12.1. The van der Waals surface area contributed by atoms with Crippen LogP contribution in [-0.4, -0.2) is 6.04 Å². The summed E-state index contributed by atoms with van der Waals surface area (Å²) in [6, 6.07) is 7.20. The molecule has 92 valence electrons. The maximum atomic E-state index is 3.64. The fraction of sp³-hybridized carbons (Fsp3) is 0.500. The van der Waals surface area contributed by atoms with Crippen LogP contribution in [0.15, 0.2) is 30.4 Å². The molecule has 0 fully saturated rings. The Labute approximate surface area is 105 Å². The van der Waals surface area contributed by atoms with E-state index in [9.17, 15) is 0 Å². The Morgan fingerprint density at radius 3 is 2.53 bits per heavy atom. The first-order valence-electron chi connectivity index (χ1n) is 6.75. The van der Waals surface area contributed by atoms with Crippen molar-refractivity contribution in [1.82, 2.24) is 0 Å². The number of rotatable bonds is 2. The third-order valence-corrected chi connectivity index (χ3v) is 3.33. The fourth-order valence-electron chi connectivity index (χ4n) is 2.55. The summed E-state index contributed by atoms with van der Waals surface area (Å²) in [4.78, 5) is 0. The SMILES string of the molecule is Cc1cc(C)cc(NC2/C=C/CCCCC2)c1. The summed E-state index contributed by atoms with van der Waals surface area (Å²) in [5.41, 5.74) is 3.93. The van der Waals surface area contributed by atoms with Crippen LogP contribution in [0.25, 0.3) is 0 Å². The van der Waals surface area contributed by atoms with Crippen molar-refractivity contribution in [2.45, 2.75) is 52.0 Å². The molecule has 2 rings (SSSR count). The minimum atomic E-state index is 0.511. The lowest BCUT2D eigenvalue weighted by Crippen LogP contribution is -2.17. The molecule has 0 aromatic heterocycles. The lowest BCUT2D eigenvalue weighted by atomic mass is 10.0. The molecular formula is C16H23N. The Morgan fingerprint density at radius 2 is 1.76 bits per heavy atom. The largest absolute Gasteiger partial charge is 0.379 e. The van der Waals surface area contributed by atoms with Gasteiger partial charge in [0, 0.05) is 11.7 Å². The molecule has 1 unspecified atom stereocenters. The Bertz CT molecular complexity index is 372. The van der Waals surface area contributed by atoms with Gasteiger partial charge in [-0.2, -0.15) is 0 Å². The zero-order valence-electron chi connectivity index (χ0n) is 11.0. The Morgan fingerprint density at radius 1 is 1.00 bits per heavy atom. The van der Waals surface area contributed by atoms with Crippen LogP contribution in [0.4, 0.5) is 5.69 Å². The molecule has 0 bridgehead atoms. The van der Waals surface area contributed by atoms with Gasteiger partial charge < -0.3 is 5.32 Å². The van der Waals surface area contributed by atoms with Crippen LogP contribution >= 0.6 is 0 Å². The van der Waals surface area contributed by atoms with Gasteiger partial charge in [0.25, 0.3) is 0 Å². The normalized spacial score (nSPS) is 22.6. The molecule has 1 aliphatic rings. The molecule has 1 nitrogen and oxygen atoms in total. The third-order valence-electron chi connectivity index (χ3n) is 3.33. The molecular weight excluding hydrogens is 206 g/mol. The Kier molecular flexibility index (Phi) is 4.24.